The highest BCUT2D eigenvalue weighted by Crippen LogP contribution is 2.34. The van der Waals surface area contributed by atoms with Gasteiger partial charge in [0.1, 0.15) is 11.6 Å². The lowest BCUT2D eigenvalue weighted by Crippen LogP contribution is -2.48. The predicted molar refractivity (Wildman–Crippen MR) is 150 cm³/mol. The number of nitrogens with one attached hydrogen (secondary N) is 3. The largest absolute Gasteiger partial charge is 0.459 e. The van der Waals surface area contributed by atoms with Gasteiger partial charge in [0.25, 0.3) is 0 Å². The van der Waals surface area contributed by atoms with Crippen LogP contribution in [0.3, 0.4) is 0 Å². The predicted octanol–water partition coefficient (Wildman–Crippen LogP) is 4.27. The minimum Gasteiger partial charge on any atom is -0.459 e. The molecule has 190 valence electrons. The van der Waals surface area contributed by atoms with Crippen molar-refractivity contribution in [1.82, 2.24) is 5.32 Å². The Morgan fingerprint density at radius 3 is 2.17 bits per heavy atom. The van der Waals surface area contributed by atoms with Crippen molar-refractivity contribution in [2.75, 3.05) is 22.9 Å². The molecule has 7 nitrogen and oxygen atoms in total. The van der Waals surface area contributed by atoms with Crippen LogP contribution in [-0.2, 0) is 20.7 Å². The lowest BCUT2D eigenvalue weighted by atomic mass is 9.65. The van der Waals surface area contributed by atoms with Crippen LogP contribution in [0.5, 0.6) is 0 Å². The number of anilines is 3. The number of carbonyl (C=O) groups is 1. The van der Waals surface area contributed by atoms with E-state index in [-0.39, 0.29) is 25.3 Å². The number of ether oxygens (including phenoxy) is 2. The fraction of sp³-hybridized carbons (Fsp3) is 0.393. The van der Waals surface area contributed by atoms with E-state index in [4.69, 9.17) is 15.2 Å². The van der Waals surface area contributed by atoms with Crippen molar-refractivity contribution in [3.05, 3.63) is 60.2 Å². The first kappa shape index (κ1) is 25.9. The number of esters is 1. The highest BCUT2D eigenvalue weighted by Gasteiger charge is 2.28. The molecule has 4 rings (SSSR count). The van der Waals surface area contributed by atoms with E-state index in [9.17, 15) is 4.79 Å². The van der Waals surface area contributed by atoms with Gasteiger partial charge in [-0.05, 0) is 76.2 Å². The topological polar surface area (TPSA) is 97.6 Å². The Hall–Kier alpha value is -3.23. The molecule has 36 heavy (non-hydrogen) atoms. The van der Waals surface area contributed by atoms with Crippen LogP contribution in [0.1, 0.15) is 47.1 Å². The number of nitrogen functional groups attached to an aromatic ring is 1. The number of hydrogen-bond donors (Lipinski definition) is 4. The summed E-state index contributed by atoms with van der Waals surface area (Å²) < 4.78 is 11.4. The SMILES string of the molecule is CC(C)(C)OCN[C@@H](Cc1ccc(B2Nc3cccc4cccc(c34)N2)cc1N)C(=O)OC(C)(C)C. The molecule has 3 aromatic carbocycles. The molecule has 0 fully saturated rings. The second-order valence-corrected chi connectivity index (χ2v) is 11.3. The maximum Gasteiger partial charge on any atom is 0.406 e. The van der Waals surface area contributed by atoms with E-state index in [1.165, 1.54) is 10.8 Å². The first-order valence-electron chi connectivity index (χ1n) is 12.4. The molecule has 1 aliphatic heterocycles. The average Bonchev–Trinajstić information content (AvgIpc) is 2.78. The fourth-order valence-electron chi connectivity index (χ4n) is 4.26. The van der Waals surface area contributed by atoms with E-state index in [0.29, 0.717) is 12.1 Å². The molecule has 1 atom stereocenters. The minimum atomic E-state index is -0.589. The Labute approximate surface area is 214 Å². The molecule has 0 amide bonds. The maximum atomic E-state index is 13.0. The van der Waals surface area contributed by atoms with Crippen LogP contribution in [0.2, 0.25) is 0 Å². The summed E-state index contributed by atoms with van der Waals surface area (Å²) in [6.07, 6.45) is 0.391. The van der Waals surface area contributed by atoms with Gasteiger partial charge in [0.05, 0.1) is 12.3 Å². The number of carbonyl (C=O) groups excluding carboxylic acids is 1. The standard InChI is InChI=1S/C28H37BN4O3/c1-27(2,3)35-17-31-24(26(34)36-28(4,5)6)15-19-13-14-20(16-21(19)30)29-32-22-11-7-9-18-10-8-12-23(33-29)25(18)22/h7-14,16,24,31-33H,15,17,30H2,1-6H3/t24-/m0/s1. The monoisotopic (exact) mass is 488 g/mol. The van der Waals surface area contributed by atoms with Gasteiger partial charge in [0.2, 0.25) is 0 Å². The molecule has 3 aromatic rings. The van der Waals surface area contributed by atoms with Gasteiger partial charge in [-0.2, -0.15) is 0 Å². The van der Waals surface area contributed by atoms with Crippen LogP contribution < -0.4 is 27.0 Å². The summed E-state index contributed by atoms with van der Waals surface area (Å²) >= 11 is 0. The van der Waals surface area contributed by atoms with E-state index in [0.717, 1.165) is 22.4 Å². The molecule has 1 heterocycles. The lowest BCUT2D eigenvalue weighted by molar-refractivity contribution is -0.158. The average molecular weight is 488 g/mol. The molecule has 0 saturated heterocycles. The zero-order valence-corrected chi connectivity index (χ0v) is 22.1. The fourth-order valence-corrected chi connectivity index (χ4v) is 4.26. The summed E-state index contributed by atoms with van der Waals surface area (Å²) in [5.41, 5.74) is 10.3. The van der Waals surface area contributed by atoms with Crippen molar-refractivity contribution in [2.24, 2.45) is 0 Å². The summed E-state index contributed by atoms with van der Waals surface area (Å²) in [4.78, 5) is 13.0. The second-order valence-electron chi connectivity index (χ2n) is 11.3. The van der Waals surface area contributed by atoms with E-state index in [1.54, 1.807) is 0 Å². The molecule has 0 radical (unpaired) electrons. The van der Waals surface area contributed by atoms with Gasteiger partial charge in [-0.1, -0.05) is 36.4 Å². The summed E-state index contributed by atoms with van der Waals surface area (Å²) in [7, 11) is 0. The zero-order valence-electron chi connectivity index (χ0n) is 22.1. The Bertz CT molecular complexity index is 1210. The Morgan fingerprint density at radius 2 is 1.61 bits per heavy atom. The van der Waals surface area contributed by atoms with Crippen molar-refractivity contribution in [3.8, 4) is 0 Å². The normalized spacial score (nSPS) is 14.2. The molecular formula is C28H37BN4O3. The quantitative estimate of drug-likeness (QED) is 0.171. The van der Waals surface area contributed by atoms with Gasteiger partial charge in [-0.25, -0.2) is 0 Å². The third-order valence-electron chi connectivity index (χ3n) is 5.96. The molecule has 0 aliphatic carbocycles. The second kappa shape index (κ2) is 10.0. The van der Waals surface area contributed by atoms with Crippen LogP contribution in [0, 0.1) is 0 Å². The summed E-state index contributed by atoms with van der Waals surface area (Å²) in [6.45, 7) is 11.6. The Kier molecular flexibility index (Phi) is 7.20. The zero-order chi connectivity index (χ0) is 26.1. The molecule has 0 saturated carbocycles. The van der Waals surface area contributed by atoms with Crippen LogP contribution >= 0.6 is 0 Å². The molecule has 0 aromatic heterocycles. The minimum absolute atomic E-state index is 0.123. The summed E-state index contributed by atoms with van der Waals surface area (Å²) in [5.74, 6) is -0.330. The first-order chi connectivity index (χ1) is 16.9. The van der Waals surface area contributed by atoms with Gasteiger partial charge in [0, 0.05) is 28.9 Å². The number of rotatable bonds is 7. The molecule has 1 aliphatic rings. The van der Waals surface area contributed by atoms with Crippen molar-refractivity contribution in [2.45, 2.75) is 65.2 Å². The molecule has 0 bridgehead atoms. The Balaban J connectivity index is 1.51. The van der Waals surface area contributed by atoms with Crippen LogP contribution in [0.4, 0.5) is 17.1 Å². The highest BCUT2D eigenvalue weighted by atomic mass is 16.6. The van der Waals surface area contributed by atoms with Crippen molar-refractivity contribution in [1.29, 1.82) is 0 Å². The molecular weight excluding hydrogens is 451 g/mol. The van der Waals surface area contributed by atoms with Crippen LogP contribution in [0.25, 0.3) is 10.8 Å². The van der Waals surface area contributed by atoms with Gasteiger partial charge >= 0.3 is 13.0 Å². The molecule has 5 N–H and O–H groups in total. The first-order valence-corrected chi connectivity index (χ1v) is 12.4. The van der Waals surface area contributed by atoms with E-state index < -0.39 is 11.6 Å². The molecule has 0 unspecified atom stereocenters. The number of benzene rings is 3. The van der Waals surface area contributed by atoms with E-state index in [2.05, 4.69) is 52.2 Å². The van der Waals surface area contributed by atoms with Gasteiger partial charge < -0.3 is 25.7 Å². The smallest absolute Gasteiger partial charge is 0.406 e. The van der Waals surface area contributed by atoms with Crippen molar-refractivity contribution >= 4 is 46.2 Å². The van der Waals surface area contributed by atoms with Crippen molar-refractivity contribution < 1.29 is 14.3 Å². The van der Waals surface area contributed by atoms with Crippen LogP contribution in [0.15, 0.2) is 54.6 Å². The van der Waals surface area contributed by atoms with Gasteiger partial charge in [-0.15, -0.1) is 0 Å². The van der Waals surface area contributed by atoms with Crippen molar-refractivity contribution in [3.63, 3.8) is 0 Å². The summed E-state index contributed by atoms with van der Waals surface area (Å²) in [6, 6.07) is 17.9. The maximum absolute atomic E-state index is 13.0. The lowest BCUT2D eigenvalue weighted by Gasteiger charge is -2.28. The molecule has 8 heteroatoms. The van der Waals surface area contributed by atoms with Gasteiger partial charge in [-0.3, -0.25) is 10.1 Å². The van der Waals surface area contributed by atoms with E-state index >= 15 is 0 Å². The number of hydrogen-bond acceptors (Lipinski definition) is 7. The van der Waals surface area contributed by atoms with E-state index in [1.807, 2.05) is 59.7 Å². The molecule has 0 spiro atoms. The van der Waals surface area contributed by atoms with Gasteiger partial charge in [0.15, 0.2) is 0 Å². The third kappa shape index (κ3) is 6.31. The third-order valence-corrected chi connectivity index (χ3v) is 5.96. The van der Waals surface area contributed by atoms with Crippen LogP contribution in [-0.4, -0.2) is 36.9 Å². The highest BCUT2D eigenvalue weighted by molar-refractivity contribution is 6.80. The Morgan fingerprint density at radius 1 is 0.972 bits per heavy atom. The summed E-state index contributed by atoms with van der Waals surface area (Å²) in [5, 5.41) is 12.7. The number of nitrogens with two attached hydrogens (primary N) is 1.